The fraction of sp³-hybridized carbons (Fsp3) is 0.222. The van der Waals surface area contributed by atoms with Crippen molar-refractivity contribution in [1.29, 1.82) is 0 Å². The van der Waals surface area contributed by atoms with Crippen molar-refractivity contribution in [3.05, 3.63) is 59.1 Å². The van der Waals surface area contributed by atoms with Gasteiger partial charge in [0.25, 0.3) is 0 Å². The molecule has 1 heterocycles. The number of imide groups is 1. The van der Waals surface area contributed by atoms with Gasteiger partial charge in [0.1, 0.15) is 5.75 Å². The SMILES string of the molecule is COc1cccc(CC2CC(=O)N(c3cccc(Cl)c3)C2=O)c1. The van der Waals surface area contributed by atoms with E-state index in [1.807, 2.05) is 24.3 Å². The van der Waals surface area contributed by atoms with Crippen LogP contribution in [0.5, 0.6) is 5.75 Å². The third-order valence-electron chi connectivity index (χ3n) is 3.92. The summed E-state index contributed by atoms with van der Waals surface area (Å²) in [6, 6.07) is 14.3. The number of nitrogens with zero attached hydrogens (tertiary/aromatic N) is 1. The van der Waals surface area contributed by atoms with Crippen LogP contribution in [0.25, 0.3) is 0 Å². The maximum atomic E-state index is 12.6. The number of methoxy groups -OCH3 is 1. The summed E-state index contributed by atoms with van der Waals surface area (Å²) in [5.41, 5.74) is 1.50. The van der Waals surface area contributed by atoms with E-state index in [4.69, 9.17) is 16.3 Å². The molecule has 5 heteroatoms. The topological polar surface area (TPSA) is 46.6 Å². The molecule has 2 aromatic carbocycles. The molecule has 0 aliphatic carbocycles. The zero-order valence-corrected chi connectivity index (χ0v) is 13.4. The molecular formula is C18H16ClNO3. The summed E-state index contributed by atoms with van der Waals surface area (Å²) in [4.78, 5) is 26.1. The number of ether oxygens (including phenoxy) is 1. The Morgan fingerprint density at radius 2 is 1.96 bits per heavy atom. The van der Waals surface area contributed by atoms with Crippen LogP contribution in [0.3, 0.4) is 0 Å². The van der Waals surface area contributed by atoms with Gasteiger partial charge in [0.2, 0.25) is 11.8 Å². The molecule has 1 aliphatic heterocycles. The van der Waals surface area contributed by atoms with Crippen LogP contribution in [-0.2, 0) is 16.0 Å². The van der Waals surface area contributed by atoms with Gasteiger partial charge in [-0.25, -0.2) is 0 Å². The lowest BCUT2D eigenvalue weighted by Gasteiger charge is -2.15. The average Bonchev–Trinajstić information content (AvgIpc) is 2.81. The van der Waals surface area contributed by atoms with Crippen molar-refractivity contribution in [2.24, 2.45) is 5.92 Å². The Morgan fingerprint density at radius 1 is 1.17 bits per heavy atom. The molecule has 2 aromatic rings. The number of rotatable bonds is 4. The molecular weight excluding hydrogens is 314 g/mol. The van der Waals surface area contributed by atoms with Gasteiger partial charge in [-0.05, 0) is 42.3 Å². The van der Waals surface area contributed by atoms with Gasteiger partial charge in [0.15, 0.2) is 0 Å². The van der Waals surface area contributed by atoms with Crippen molar-refractivity contribution in [1.82, 2.24) is 0 Å². The molecule has 0 aromatic heterocycles. The minimum absolute atomic E-state index is 0.180. The van der Waals surface area contributed by atoms with Gasteiger partial charge in [0, 0.05) is 11.4 Å². The van der Waals surface area contributed by atoms with Crippen molar-refractivity contribution in [3.8, 4) is 5.75 Å². The second kappa shape index (κ2) is 6.42. The molecule has 2 amide bonds. The van der Waals surface area contributed by atoms with E-state index < -0.39 is 0 Å². The Hall–Kier alpha value is -2.33. The number of carbonyl (C=O) groups excluding carboxylic acids is 2. The van der Waals surface area contributed by atoms with Gasteiger partial charge in [-0.2, -0.15) is 0 Å². The molecule has 23 heavy (non-hydrogen) atoms. The van der Waals surface area contributed by atoms with Crippen molar-refractivity contribution in [2.75, 3.05) is 12.0 Å². The highest BCUT2D eigenvalue weighted by Crippen LogP contribution is 2.30. The van der Waals surface area contributed by atoms with Gasteiger partial charge in [-0.3, -0.25) is 14.5 Å². The molecule has 118 valence electrons. The Kier molecular flexibility index (Phi) is 4.35. The van der Waals surface area contributed by atoms with E-state index in [2.05, 4.69) is 0 Å². The molecule has 0 bridgehead atoms. The minimum Gasteiger partial charge on any atom is -0.497 e. The monoisotopic (exact) mass is 329 g/mol. The van der Waals surface area contributed by atoms with Crippen LogP contribution >= 0.6 is 11.6 Å². The Labute approximate surface area is 139 Å². The molecule has 3 rings (SSSR count). The molecule has 0 radical (unpaired) electrons. The van der Waals surface area contributed by atoms with E-state index in [0.29, 0.717) is 17.1 Å². The highest BCUT2D eigenvalue weighted by molar-refractivity contribution is 6.31. The Bertz CT molecular complexity index is 759. The van der Waals surface area contributed by atoms with Crippen LogP contribution < -0.4 is 9.64 Å². The molecule has 1 aliphatic rings. The quantitative estimate of drug-likeness (QED) is 0.807. The summed E-state index contributed by atoms with van der Waals surface area (Å²) in [6.07, 6.45) is 0.724. The smallest absolute Gasteiger partial charge is 0.237 e. The van der Waals surface area contributed by atoms with Gasteiger partial charge >= 0.3 is 0 Å². The fourth-order valence-corrected chi connectivity index (χ4v) is 3.01. The summed E-state index contributed by atoms with van der Waals surface area (Å²) < 4.78 is 5.19. The summed E-state index contributed by atoms with van der Waals surface area (Å²) in [5.74, 6) is 0.0183. The molecule has 4 nitrogen and oxygen atoms in total. The number of benzene rings is 2. The first-order valence-corrected chi connectivity index (χ1v) is 7.71. The fourth-order valence-electron chi connectivity index (χ4n) is 2.82. The summed E-state index contributed by atoms with van der Waals surface area (Å²) in [5, 5.41) is 0.499. The Morgan fingerprint density at radius 3 is 2.70 bits per heavy atom. The zero-order valence-electron chi connectivity index (χ0n) is 12.7. The van der Waals surface area contributed by atoms with E-state index in [1.54, 1.807) is 31.4 Å². The average molecular weight is 330 g/mol. The van der Waals surface area contributed by atoms with Gasteiger partial charge in [0.05, 0.1) is 18.7 Å². The summed E-state index contributed by atoms with van der Waals surface area (Å²) in [6.45, 7) is 0. The normalized spacial score (nSPS) is 17.7. The van der Waals surface area contributed by atoms with Crippen LogP contribution in [0, 0.1) is 5.92 Å². The molecule has 1 fully saturated rings. The molecule has 0 N–H and O–H groups in total. The minimum atomic E-state index is -0.353. The number of hydrogen-bond donors (Lipinski definition) is 0. The number of carbonyl (C=O) groups is 2. The standard InChI is InChI=1S/C18H16ClNO3/c1-23-16-7-2-4-12(9-16)8-13-10-17(21)20(18(13)22)15-6-3-5-14(19)11-15/h2-7,9,11,13H,8,10H2,1H3. The largest absolute Gasteiger partial charge is 0.497 e. The van der Waals surface area contributed by atoms with Crippen molar-refractivity contribution in [2.45, 2.75) is 12.8 Å². The molecule has 1 unspecified atom stereocenters. The molecule has 0 saturated carbocycles. The highest BCUT2D eigenvalue weighted by atomic mass is 35.5. The van der Waals surface area contributed by atoms with Crippen molar-refractivity contribution in [3.63, 3.8) is 0 Å². The first-order valence-electron chi connectivity index (χ1n) is 7.34. The van der Waals surface area contributed by atoms with Crippen LogP contribution in [0.2, 0.25) is 5.02 Å². The lowest BCUT2D eigenvalue weighted by molar-refractivity contribution is -0.122. The predicted molar refractivity (Wildman–Crippen MR) is 88.8 cm³/mol. The number of hydrogen-bond acceptors (Lipinski definition) is 3. The first kappa shape index (κ1) is 15.6. The van der Waals surface area contributed by atoms with E-state index in [-0.39, 0.29) is 24.2 Å². The zero-order chi connectivity index (χ0) is 16.4. The summed E-state index contributed by atoms with van der Waals surface area (Å²) >= 11 is 5.96. The van der Waals surface area contributed by atoms with Crippen LogP contribution in [0.4, 0.5) is 5.69 Å². The Balaban J connectivity index is 1.81. The molecule has 1 saturated heterocycles. The number of halogens is 1. The summed E-state index contributed by atoms with van der Waals surface area (Å²) in [7, 11) is 1.60. The lowest BCUT2D eigenvalue weighted by Crippen LogP contribution is -2.30. The van der Waals surface area contributed by atoms with Crippen molar-refractivity contribution >= 4 is 29.1 Å². The second-order valence-electron chi connectivity index (χ2n) is 5.50. The first-order chi connectivity index (χ1) is 11.1. The molecule has 1 atom stereocenters. The lowest BCUT2D eigenvalue weighted by atomic mass is 9.98. The van der Waals surface area contributed by atoms with E-state index >= 15 is 0 Å². The number of anilines is 1. The van der Waals surface area contributed by atoms with Crippen LogP contribution in [0.1, 0.15) is 12.0 Å². The van der Waals surface area contributed by atoms with E-state index in [9.17, 15) is 9.59 Å². The van der Waals surface area contributed by atoms with Gasteiger partial charge in [-0.15, -0.1) is 0 Å². The number of amides is 2. The maximum Gasteiger partial charge on any atom is 0.237 e. The van der Waals surface area contributed by atoms with Crippen LogP contribution in [-0.4, -0.2) is 18.9 Å². The van der Waals surface area contributed by atoms with Gasteiger partial charge in [-0.1, -0.05) is 29.8 Å². The maximum absolute atomic E-state index is 12.6. The van der Waals surface area contributed by atoms with E-state index in [1.165, 1.54) is 4.90 Å². The van der Waals surface area contributed by atoms with E-state index in [0.717, 1.165) is 11.3 Å². The third kappa shape index (κ3) is 3.22. The van der Waals surface area contributed by atoms with Crippen molar-refractivity contribution < 1.29 is 14.3 Å². The highest BCUT2D eigenvalue weighted by Gasteiger charge is 2.39. The third-order valence-corrected chi connectivity index (χ3v) is 4.16. The van der Waals surface area contributed by atoms with Gasteiger partial charge < -0.3 is 4.74 Å². The predicted octanol–water partition coefficient (Wildman–Crippen LogP) is 3.47. The van der Waals surface area contributed by atoms with Crippen LogP contribution in [0.15, 0.2) is 48.5 Å². The molecule has 0 spiro atoms. The second-order valence-corrected chi connectivity index (χ2v) is 5.94.